The zero-order valence-corrected chi connectivity index (χ0v) is 15.5. The van der Waals surface area contributed by atoms with Crippen LogP contribution in [0.25, 0.3) is 0 Å². The van der Waals surface area contributed by atoms with Gasteiger partial charge >= 0.3 is 5.97 Å². The molecule has 1 aromatic carbocycles. The molecule has 2 aliphatic heterocycles. The molecule has 0 radical (unpaired) electrons. The molecule has 2 heterocycles. The monoisotopic (exact) mass is 382 g/mol. The molecule has 0 aliphatic carbocycles. The van der Waals surface area contributed by atoms with Crippen LogP contribution in [0.5, 0.6) is 5.75 Å². The highest BCUT2D eigenvalue weighted by Crippen LogP contribution is 2.43. The summed E-state index contributed by atoms with van der Waals surface area (Å²) in [5.74, 6) is -0.965. The van der Waals surface area contributed by atoms with E-state index in [-0.39, 0.29) is 38.5 Å². The molecule has 8 nitrogen and oxygen atoms in total. The largest absolute Gasteiger partial charge is 0.497 e. The number of ether oxygens (including phenoxy) is 1. The van der Waals surface area contributed by atoms with E-state index in [0.29, 0.717) is 5.75 Å². The Morgan fingerprint density at radius 2 is 2.04 bits per heavy atom. The molecule has 26 heavy (non-hydrogen) atoms. The van der Waals surface area contributed by atoms with Crippen LogP contribution >= 0.6 is 0 Å². The molecule has 2 aliphatic rings. The van der Waals surface area contributed by atoms with E-state index in [1.165, 1.54) is 9.21 Å². The van der Waals surface area contributed by atoms with Crippen molar-refractivity contribution >= 4 is 21.9 Å². The van der Waals surface area contributed by atoms with Gasteiger partial charge in [-0.3, -0.25) is 9.59 Å². The summed E-state index contributed by atoms with van der Waals surface area (Å²) in [6.07, 6.45) is 1.23. The summed E-state index contributed by atoms with van der Waals surface area (Å²) in [5.41, 5.74) is -0.443. The fraction of sp³-hybridized carbons (Fsp3) is 0.529. The van der Waals surface area contributed by atoms with E-state index in [4.69, 9.17) is 4.74 Å². The van der Waals surface area contributed by atoms with E-state index in [0.717, 1.165) is 11.8 Å². The molecule has 0 bridgehead atoms. The third-order valence-electron chi connectivity index (χ3n) is 5.31. The van der Waals surface area contributed by atoms with E-state index < -0.39 is 27.3 Å². The molecule has 142 valence electrons. The quantitative estimate of drug-likeness (QED) is 0.771. The normalized spacial score (nSPS) is 25.9. The van der Waals surface area contributed by atoms with E-state index in [2.05, 4.69) is 0 Å². The van der Waals surface area contributed by atoms with Crippen molar-refractivity contribution in [1.29, 1.82) is 0 Å². The van der Waals surface area contributed by atoms with Crippen molar-refractivity contribution < 1.29 is 27.9 Å². The highest BCUT2D eigenvalue weighted by molar-refractivity contribution is 7.88. The topological polar surface area (TPSA) is 104 Å². The van der Waals surface area contributed by atoms with Crippen LogP contribution in [0.2, 0.25) is 0 Å². The molecule has 2 atom stereocenters. The molecule has 0 saturated carbocycles. The maximum absolute atomic E-state index is 12.6. The number of nitrogens with zero attached hydrogens (tertiary/aromatic N) is 2. The van der Waals surface area contributed by atoms with E-state index in [9.17, 15) is 23.1 Å². The highest BCUT2D eigenvalue weighted by Gasteiger charge is 2.59. The summed E-state index contributed by atoms with van der Waals surface area (Å²) >= 11 is 0. The number of likely N-dealkylation sites (tertiary alicyclic amines) is 1. The van der Waals surface area contributed by atoms with E-state index >= 15 is 0 Å². The molecule has 9 heteroatoms. The molecule has 2 fully saturated rings. The number of rotatable bonds is 5. The van der Waals surface area contributed by atoms with Gasteiger partial charge in [0.15, 0.2) is 0 Å². The number of sulfonamides is 1. The Balaban J connectivity index is 1.75. The summed E-state index contributed by atoms with van der Waals surface area (Å²) in [6.45, 7) is 0.325. The van der Waals surface area contributed by atoms with Crippen LogP contribution in [0.4, 0.5) is 0 Å². The van der Waals surface area contributed by atoms with Gasteiger partial charge in [0.05, 0.1) is 19.8 Å². The van der Waals surface area contributed by atoms with Gasteiger partial charge in [0.1, 0.15) is 11.2 Å². The first-order valence-corrected chi connectivity index (χ1v) is 10.1. The molecule has 3 rings (SSSR count). The maximum Gasteiger partial charge on any atom is 0.313 e. The molecule has 0 aromatic heterocycles. The Kier molecular flexibility index (Phi) is 4.70. The fourth-order valence-electron chi connectivity index (χ4n) is 3.83. The van der Waals surface area contributed by atoms with Gasteiger partial charge in [-0.15, -0.1) is 0 Å². The van der Waals surface area contributed by atoms with Gasteiger partial charge < -0.3 is 14.7 Å². The second kappa shape index (κ2) is 6.55. The zero-order chi connectivity index (χ0) is 19.1. The summed E-state index contributed by atoms with van der Waals surface area (Å²) in [5, 5.41) is 9.74. The maximum atomic E-state index is 12.6. The second-order valence-corrected chi connectivity index (χ2v) is 9.00. The van der Waals surface area contributed by atoms with Gasteiger partial charge in [0.25, 0.3) is 0 Å². The molecule has 2 saturated heterocycles. The van der Waals surface area contributed by atoms with Crippen molar-refractivity contribution in [1.82, 2.24) is 9.21 Å². The van der Waals surface area contributed by atoms with Crippen molar-refractivity contribution in [2.45, 2.75) is 6.42 Å². The van der Waals surface area contributed by atoms with Crippen molar-refractivity contribution in [3.8, 4) is 5.75 Å². The van der Waals surface area contributed by atoms with Crippen molar-refractivity contribution in [2.75, 3.05) is 39.5 Å². The Hall–Kier alpha value is -2.13. The summed E-state index contributed by atoms with van der Waals surface area (Å²) in [7, 11) is -1.91. The van der Waals surface area contributed by atoms with E-state index in [1.54, 1.807) is 25.3 Å². The number of carboxylic acids is 1. The Morgan fingerprint density at radius 1 is 1.31 bits per heavy atom. The van der Waals surface area contributed by atoms with Crippen LogP contribution < -0.4 is 4.74 Å². The van der Waals surface area contributed by atoms with Crippen LogP contribution in [0.3, 0.4) is 0 Å². The van der Waals surface area contributed by atoms with Crippen molar-refractivity contribution in [3.63, 3.8) is 0 Å². The van der Waals surface area contributed by atoms with Gasteiger partial charge in [-0.25, -0.2) is 12.7 Å². The highest BCUT2D eigenvalue weighted by atomic mass is 32.2. The SMILES string of the molecule is COc1cccc(CC(=O)N2CC3CN(S(C)(=O)=O)C[C@]3(C(=O)O)C2)c1. The first-order chi connectivity index (χ1) is 12.2. The Morgan fingerprint density at radius 3 is 2.62 bits per heavy atom. The van der Waals surface area contributed by atoms with Gasteiger partial charge in [-0.1, -0.05) is 12.1 Å². The predicted molar refractivity (Wildman–Crippen MR) is 93.3 cm³/mol. The number of amides is 1. The number of hydrogen-bond donors (Lipinski definition) is 1. The second-order valence-electron chi connectivity index (χ2n) is 7.02. The number of carboxylic acid groups (broad SMARTS) is 1. The lowest BCUT2D eigenvalue weighted by atomic mass is 9.81. The molecular weight excluding hydrogens is 360 g/mol. The number of aliphatic carboxylic acids is 1. The first-order valence-electron chi connectivity index (χ1n) is 8.25. The molecule has 1 amide bonds. The lowest BCUT2D eigenvalue weighted by Gasteiger charge is -2.24. The standard InChI is InChI=1S/C17H22N2O6S/c1-25-14-5-3-4-12(6-14)7-15(20)18-8-13-9-19(26(2,23)24)11-17(13,10-18)16(21)22/h3-6,13H,7-11H2,1-2H3,(H,21,22)/t13?,17-/m1/s1. The number of methoxy groups -OCH3 is 1. The minimum atomic E-state index is -3.46. The van der Waals surface area contributed by atoms with Crippen LogP contribution in [0.15, 0.2) is 24.3 Å². The number of carbonyl (C=O) groups excluding carboxylic acids is 1. The van der Waals surface area contributed by atoms with Gasteiger partial charge in [-0.2, -0.15) is 0 Å². The summed E-state index contributed by atoms with van der Waals surface area (Å²) in [6, 6.07) is 7.17. The van der Waals surface area contributed by atoms with E-state index in [1.807, 2.05) is 6.07 Å². The smallest absolute Gasteiger partial charge is 0.313 e. The van der Waals surface area contributed by atoms with Crippen LogP contribution in [-0.4, -0.2) is 74.2 Å². The number of fused-ring (bicyclic) bond motifs is 1. The third-order valence-corrected chi connectivity index (χ3v) is 6.53. The number of carbonyl (C=O) groups is 2. The summed E-state index contributed by atoms with van der Waals surface area (Å²) < 4.78 is 29.9. The molecule has 1 unspecified atom stereocenters. The van der Waals surface area contributed by atoms with Gasteiger partial charge in [0, 0.05) is 32.1 Å². The fourth-order valence-corrected chi connectivity index (χ4v) is 4.75. The van der Waals surface area contributed by atoms with Crippen LogP contribution in [0, 0.1) is 11.3 Å². The molecule has 1 N–H and O–H groups in total. The number of benzene rings is 1. The van der Waals surface area contributed by atoms with Crippen molar-refractivity contribution in [3.05, 3.63) is 29.8 Å². The van der Waals surface area contributed by atoms with Crippen molar-refractivity contribution in [2.24, 2.45) is 11.3 Å². The minimum Gasteiger partial charge on any atom is -0.497 e. The van der Waals surface area contributed by atoms with Gasteiger partial charge in [0.2, 0.25) is 15.9 Å². The average Bonchev–Trinajstić information content (AvgIpc) is 3.10. The summed E-state index contributed by atoms with van der Waals surface area (Å²) in [4.78, 5) is 26.1. The molecular formula is C17H22N2O6S. The molecule has 1 aromatic rings. The lowest BCUT2D eigenvalue weighted by molar-refractivity contribution is -0.148. The van der Waals surface area contributed by atoms with Gasteiger partial charge in [-0.05, 0) is 17.7 Å². The zero-order valence-electron chi connectivity index (χ0n) is 14.7. The average molecular weight is 382 g/mol. The minimum absolute atomic E-state index is 0.0296. The third kappa shape index (κ3) is 3.28. The Labute approximate surface area is 152 Å². The first kappa shape index (κ1) is 18.7. The molecule has 0 spiro atoms. The van der Waals surface area contributed by atoms with Crippen LogP contribution in [0.1, 0.15) is 5.56 Å². The number of hydrogen-bond acceptors (Lipinski definition) is 5. The lowest BCUT2D eigenvalue weighted by Crippen LogP contribution is -2.43. The predicted octanol–water partition coefficient (Wildman–Crippen LogP) is 0.0423. The van der Waals surface area contributed by atoms with Crippen LogP contribution in [-0.2, 0) is 26.0 Å². The Bertz CT molecular complexity index is 839.